The summed E-state index contributed by atoms with van der Waals surface area (Å²) in [6.07, 6.45) is 7.71. The Morgan fingerprint density at radius 1 is 1.13 bits per heavy atom. The fourth-order valence-corrected chi connectivity index (χ4v) is 4.60. The van der Waals surface area contributed by atoms with E-state index in [1.165, 1.54) is 10.6 Å². The number of sulfonamides is 1. The number of hydrogen-bond acceptors (Lipinski definition) is 4. The number of carbonyl (C=O) groups is 1. The Bertz CT molecular complexity index is 677. The van der Waals surface area contributed by atoms with E-state index in [9.17, 15) is 13.2 Å². The van der Waals surface area contributed by atoms with Gasteiger partial charge in [-0.25, -0.2) is 12.7 Å². The smallest absolute Gasteiger partial charge is 0.229 e. The molecule has 2 saturated heterocycles. The molecule has 1 unspecified atom stereocenters. The second-order valence-corrected chi connectivity index (χ2v) is 8.61. The summed E-state index contributed by atoms with van der Waals surface area (Å²) in [6, 6.07) is 3.85. The number of carbonyl (C=O) groups excluding carboxylic acids is 1. The van der Waals surface area contributed by atoms with Crippen molar-refractivity contribution >= 4 is 15.9 Å². The van der Waals surface area contributed by atoms with Crippen LogP contribution in [0.1, 0.15) is 31.2 Å². The Kier molecular flexibility index (Phi) is 4.42. The summed E-state index contributed by atoms with van der Waals surface area (Å²) in [6.45, 7) is 2.34. The fraction of sp³-hybridized carbons (Fsp3) is 0.625. The summed E-state index contributed by atoms with van der Waals surface area (Å²) < 4.78 is 25.0. The summed E-state index contributed by atoms with van der Waals surface area (Å²) in [4.78, 5) is 18.8. The van der Waals surface area contributed by atoms with Crippen LogP contribution in [0.15, 0.2) is 24.5 Å². The van der Waals surface area contributed by atoms with Gasteiger partial charge in [0.05, 0.1) is 11.7 Å². The zero-order valence-electron chi connectivity index (χ0n) is 13.4. The lowest BCUT2D eigenvalue weighted by atomic mass is 9.79. The molecule has 2 aliphatic rings. The molecule has 7 heteroatoms. The molecular formula is C16H23N3O3S. The van der Waals surface area contributed by atoms with Gasteiger partial charge in [0, 0.05) is 38.6 Å². The largest absolute Gasteiger partial charge is 0.338 e. The first kappa shape index (κ1) is 16.4. The van der Waals surface area contributed by atoms with Gasteiger partial charge in [0.15, 0.2) is 0 Å². The minimum Gasteiger partial charge on any atom is -0.338 e. The average Bonchev–Trinajstić information content (AvgIpc) is 2.70. The predicted octanol–water partition coefficient (Wildman–Crippen LogP) is 1.25. The number of nitrogens with zero attached hydrogens (tertiary/aromatic N) is 3. The van der Waals surface area contributed by atoms with Crippen molar-refractivity contribution < 1.29 is 13.2 Å². The van der Waals surface area contributed by atoms with Gasteiger partial charge in [0.1, 0.15) is 0 Å². The predicted molar refractivity (Wildman–Crippen MR) is 87.0 cm³/mol. The van der Waals surface area contributed by atoms with Crippen LogP contribution in [-0.4, -0.2) is 54.4 Å². The summed E-state index contributed by atoms with van der Waals surface area (Å²) in [5, 5.41) is 0. The van der Waals surface area contributed by atoms with Crippen molar-refractivity contribution in [2.24, 2.45) is 5.41 Å². The van der Waals surface area contributed by atoms with Crippen LogP contribution in [0.3, 0.4) is 0 Å². The van der Waals surface area contributed by atoms with Crippen molar-refractivity contribution in [3.05, 3.63) is 30.1 Å². The highest BCUT2D eigenvalue weighted by atomic mass is 32.2. The van der Waals surface area contributed by atoms with Gasteiger partial charge in [0.25, 0.3) is 0 Å². The monoisotopic (exact) mass is 337 g/mol. The van der Waals surface area contributed by atoms with Crippen LogP contribution >= 0.6 is 0 Å². The standard InChI is InChI=1S/C16H23N3O3S/c1-23(21,22)19-10-2-5-16(7-12-19)6-11-18(15(16)20)13-14-3-8-17-9-4-14/h3-4,8-9H,2,5-7,10-13H2,1H3. The molecule has 3 rings (SSSR count). The molecule has 2 fully saturated rings. The molecule has 0 radical (unpaired) electrons. The lowest BCUT2D eigenvalue weighted by Crippen LogP contribution is -2.36. The van der Waals surface area contributed by atoms with Gasteiger partial charge in [-0.3, -0.25) is 9.78 Å². The molecule has 1 aromatic rings. The molecule has 2 aliphatic heterocycles. The summed E-state index contributed by atoms with van der Waals surface area (Å²) >= 11 is 0. The molecule has 23 heavy (non-hydrogen) atoms. The van der Waals surface area contributed by atoms with E-state index in [0.717, 1.165) is 31.4 Å². The van der Waals surface area contributed by atoms with Crippen LogP contribution in [-0.2, 0) is 21.4 Å². The first-order chi connectivity index (χ1) is 10.9. The lowest BCUT2D eigenvalue weighted by Gasteiger charge is -2.26. The minimum atomic E-state index is -3.17. The van der Waals surface area contributed by atoms with Crippen molar-refractivity contribution in [3.63, 3.8) is 0 Å². The highest BCUT2D eigenvalue weighted by molar-refractivity contribution is 7.88. The third-order valence-electron chi connectivity index (χ3n) is 5.10. The minimum absolute atomic E-state index is 0.185. The molecular weight excluding hydrogens is 314 g/mol. The van der Waals surface area contributed by atoms with Crippen LogP contribution in [0.5, 0.6) is 0 Å². The third kappa shape index (κ3) is 3.40. The van der Waals surface area contributed by atoms with Gasteiger partial charge in [0.2, 0.25) is 15.9 Å². The molecule has 0 aliphatic carbocycles. The van der Waals surface area contributed by atoms with Crippen molar-refractivity contribution in [1.82, 2.24) is 14.2 Å². The van der Waals surface area contributed by atoms with Gasteiger partial charge in [-0.15, -0.1) is 0 Å². The van der Waals surface area contributed by atoms with E-state index in [4.69, 9.17) is 0 Å². The maximum atomic E-state index is 12.9. The molecule has 0 saturated carbocycles. The van der Waals surface area contributed by atoms with Crippen LogP contribution in [0.25, 0.3) is 0 Å². The number of pyridine rings is 1. The van der Waals surface area contributed by atoms with E-state index in [1.54, 1.807) is 12.4 Å². The van der Waals surface area contributed by atoms with E-state index in [1.807, 2.05) is 17.0 Å². The summed E-state index contributed by atoms with van der Waals surface area (Å²) in [5.74, 6) is 0.185. The molecule has 3 heterocycles. The van der Waals surface area contributed by atoms with Crippen molar-refractivity contribution in [2.45, 2.75) is 32.2 Å². The highest BCUT2D eigenvalue weighted by Crippen LogP contribution is 2.42. The van der Waals surface area contributed by atoms with E-state index in [2.05, 4.69) is 4.98 Å². The van der Waals surface area contributed by atoms with Gasteiger partial charge in [-0.05, 0) is 43.4 Å². The highest BCUT2D eigenvalue weighted by Gasteiger charge is 2.47. The Morgan fingerprint density at radius 2 is 1.83 bits per heavy atom. The second kappa shape index (κ2) is 6.20. The maximum Gasteiger partial charge on any atom is 0.229 e. The maximum absolute atomic E-state index is 12.9. The van der Waals surface area contributed by atoms with Crippen LogP contribution < -0.4 is 0 Å². The molecule has 0 N–H and O–H groups in total. The SMILES string of the molecule is CS(=O)(=O)N1CCCC2(CCN(Cc3ccncc3)C2=O)CC1. The van der Waals surface area contributed by atoms with Gasteiger partial charge >= 0.3 is 0 Å². The van der Waals surface area contributed by atoms with E-state index >= 15 is 0 Å². The van der Waals surface area contributed by atoms with Crippen molar-refractivity contribution in [1.29, 1.82) is 0 Å². The van der Waals surface area contributed by atoms with Gasteiger partial charge < -0.3 is 4.90 Å². The Morgan fingerprint density at radius 3 is 2.52 bits per heavy atom. The molecule has 1 aromatic heterocycles. The fourth-order valence-electron chi connectivity index (χ4n) is 3.72. The number of aromatic nitrogens is 1. The molecule has 126 valence electrons. The van der Waals surface area contributed by atoms with E-state index in [0.29, 0.717) is 26.1 Å². The molecule has 0 bridgehead atoms. The third-order valence-corrected chi connectivity index (χ3v) is 6.40. The first-order valence-corrected chi connectivity index (χ1v) is 9.89. The number of likely N-dealkylation sites (tertiary alicyclic amines) is 1. The lowest BCUT2D eigenvalue weighted by molar-refractivity contribution is -0.137. The number of hydrogen-bond donors (Lipinski definition) is 0. The molecule has 1 atom stereocenters. The molecule has 1 spiro atoms. The quantitative estimate of drug-likeness (QED) is 0.832. The van der Waals surface area contributed by atoms with Crippen molar-refractivity contribution in [2.75, 3.05) is 25.9 Å². The summed E-state index contributed by atoms with van der Waals surface area (Å²) in [5.41, 5.74) is 0.712. The van der Waals surface area contributed by atoms with Gasteiger partial charge in [-0.2, -0.15) is 0 Å². The number of amides is 1. The normalized spacial score (nSPS) is 26.7. The molecule has 1 amide bonds. The Labute approximate surface area is 137 Å². The second-order valence-electron chi connectivity index (χ2n) is 6.63. The van der Waals surface area contributed by atoms with Gasteiger partial charge in [-0.1, -0.05) is 0 Å². The average molecular weight is 337 g/mol. The molecule has 6 nitrogen and oxygen atoms in total. The zero-order valence-corrected chi connectivity index (χ0v) is 14.3. The van der Waals surface area contributed by atoms with E-state index in [-0.39, 0.29) is 11.3 Å². The molecule has 0 aromatic carbocycles. The van der Waals surface area contributed by atoms with Crippen LogP contribution in [0.4, 0.5) is 0 Å². The topological polar surface area (TPSA) is 70.6 Å². The first-order valence-electron chi connectivity index (χ1n) is 8.04. The number of rotatable bonds is 3. The summed E-state index contributed by atoms with van der Waals surface area (Å²) in [7, 11) is -3.17. The van der Waals surface area contributed by atoms with Crippen LogP contribution in [0, 0.1) is 5.41 Å². The van der Waals surface area contributed by atoms with Crippen LogP contribution in [0.2, 0.25) is 0 Å². The Hall–Kier alpha value is -1.47. The zero-order chi connectivity index (χ0) is 16.5. The van der Waals surface area contributed by atoms with E-state index < -0.39 is 10.0 Å². The Balaban J connectivity index is 1.70. The van der Waals surface area contributed by atoms with Crippen molar-refractivity contribution in [3.8, 4) is 0 Å².